The zero-order valence-corrected chi connectivity index (χ0v) is 56.7. The van der Waals surface area contributed by atoms with Crippen LogP contribution in [0.3, 0.4) is 0 Å². The maximum absolute atomic E-state index is 12.6. The molecule has 0 aromatic heterocycles. The van der Waals surface area contributed by atoms with Crippen LogP contribution in [0.1, 0.15) is 444 Å². The van der Waals surface area contributed by atoms with Gasteiger partial charge in [0.2, 0.25) is 5.91 Å². The van der Waals surface area contributed by atoms with Gasteiger partial charge in [-0.05, 0) is 51.4 Å². The van der Waals surface area contributed by atoms with Gasteiger partial charge in [0, 0.05) is 12.8 Å². The van der Waals surface area contributed by atoms with Gasteiger partial charge in [-0.1, -0.05) is 392 Å². The van der Waals surface area contributed by atoms with Crippen molar-refractivity contribution in [3.8, 4) is 0 Å². The second kappa shape index (κ2) is 73.1. The number of ether oxygens (including phenoxy) is 1. The molecule has 83 heavy (non-hydrogen) atoms. The third-order valence-corrected chi connectivity index (χ3v) is 18.3. The van der Waals surface area contributed by atoms with Crippen LogP contribution in [0.5, 0.6) is 0 Å². The van der Waals surface area contributed by atoms with Crippen LogP contribution in [0.2, 0.25) is 0 Å². The van der Waals surface area contributed by atoms with Gasteiger partial charge in [-0.25, -0.2) is 0 Å². The summed E-state index contributed by atoms with van der Waals surface area (Å²) in [5.41, 5.74) is 0. The molecule has 0 saturated carbocycles. The lowest BCUT2D eigenvalue weighted by Gasteiger charge is -2.22. The predicted molar refractivity (Wildman–Crippen MR) is 366 cm³/mol. The number of allylic oxidation sites excluding steroid dienone is 2. The summed E-state index contributed by atoms with van der Waals surface area (Å²) in [6, 6.07) is -0.541. The van der Waals surface area contributed by atoms with E-state index in [1.165, 1.54) is 372 Å². The standard InChI is InChI=1S/C77H151NO5/c1-3-5-7-9-11-13-15-17-19-20-21-22-33-36-39-42-45-49-53-57-61-65-69-75(80)74(73-79)78-76(81)70-66-62-58-54-50-46-43-40-37-34-31-29-27-25-23-24-26-28-30-32-35-38-41-44-48-52-56-60-64-68-72-83-77(82)71-67-63-59-55-51-47-18-16-14-12-10-8-6-4-2/h24,26,74-75,79-80H,3-23,25,27-73H2,1-2H3,(H,78,81)/b26-24-. The van der Waals surface area contributed by atoms with E-state index >= 15 is 0 Å². The van der Waals surface area contributed by atoms with Gasteiger partial charge in [-0.3, -0.25) is 9.59 Å². The van der Waals surface area contributed by atoms with Crippen molar-refractivity contribution in [3.05, 3.63) is 12.2 Å². The zero-order chi connectivity index (χ0) is 59.9. The third kappa shape index (κ3) is 69.6. The number of hydrogen-bond acceptors (Lipinski definition) is 5. The van der Waals surface area contributed by atoms with Crippen molar-refractivity contribution in [2.24, 2.45) is 0 Å². The van der Waals surface area contributed by atoms with Gasteiger partial charge < -0.3 is 20.3 Å². The van der Waals surface area contributed by atoms with Crippen molar-refractivity contribution >= 4 is 11.9 Å². The van der Waals surface area contributed by atoms with Crippen LogP contribution in [0.25, 0.3) is 0 Å². The highest BCUT2D eigenvalue weighted by molar-refractivity contribution is 5.76. The van der Waals surface area contributed by atoms with Crippen LogP contribution in [0.15, 0.2) is 12.2 Å². The van der Waals surface area contributed by atoms with E-state index in [0.717, 1.165) is 38.5 Å². The number of esters is 1. The van der Waals surface area contributed by atoms with E-state index in [-0.39, 0.29) is 18.5 Å². The summed E-state index contributed by atoms with van der Waals surface area (Å²) >= 11 is 0. The molecule has 0 aromatic carbocycles. The van der Waals surface area contributed by atoms with Gasteiger partial charge in [-0.15, -0.1) is 0 Å². The Labute approximate surface area is 520 Å². The maximum atomic E-state index is 12.6. The average molecular weight is 1170 g/mol. The smallest absolute Gasteiger partial charge is 0.305 e. The van der Waals surface area contributed by atoms with Gasteiger partial charge in [-0.2, -0.15) is 0 Å². The van der Waals surface area contributed by atoms with E-state index in [4.69, 9.17) is 4.74 Å². The number of rotatable bonds is 73. The molecule has 2 atom stereocenters. The maximum Gasteiger partial charge on any atom is 0.305 e. The monoisotopic (exact) mass is 1170 g/mol. The molecule has 0 bridgehead atoms. The van der Waals surface area contributed by atoms with E-state index in [0.29, 0.717) is 25.9 Å². The lowest BCUT2D eigenvalue weighted by molar-refractivity contribution is -0.143. The minimum Gasteiger partial charge on any atom is -0.466 e. The normalized spacial score (nSPS) is 12.5. The van der Waals surface area contributed by atoms with Crippen molar-refractivity contribution in [2.45, 2.75) is 456 Å². The largest absolute Gasteiger partial charge is 0.466 e. The minimum absolute atomic E-state index is 0.0206. The highest BCUT2D eigenvalue weighted by Crippen LogP contribution is 2.20. The summed E-state index contributed by atoms with van der Waals surface area (Å²) in [6.07, 6.45) is 91.5. The summed E-state index contributed by atoms with van der Waals surface area (Å²) < 4.78 is 5.50. The fraction of sp³-hybridized carbons (Fsp3) is 0.948. The molecule has 1 amide bonds. The van der Waals surface area contributed by atoms with Crippen LogP contribution in [0, 0.1) is 0 Å². The van der Waals surface area contributed by atoms with Crippen molar-refractivity contribution in [1.82, 2.24) is 5.32 Å². The molecular formula is C77H151NO5. The van der Waals surface area contributed by atoms with Crippen molar-refractivity contribution < 1.29 is 24.5 Å². The van der Waals surface area contributed by atoms with Crippen LogP contribution >= 0.6 is 0 Å². The lowest BCUT2D eigenvalue weighted by Crippen LogP contribution is -2.45. The summed E-state index contributed by atoms with van der Waals surface area (Å²) in [7, 11) is 0. The van der Waals surface area contributed by atoms with Crippen molar-refractivity contribution in [1.29, 1.82) is 0 Å². The number of unbranched alkanes of at least 4 members (excludes halogenated alkanes) is 60. The van der Waals surface area contributed by atoms with Crippen LogP contribution < -0.4 is 5.32 Å². The second-order valence-corrected chi connectivity index (χ2v) is 26.7. The van der Waals surface area contributed by atoms with Crippen LogP contribution in [0.4, 0.5) is 0 Å². The van der Waals surface area contributed by atoms with E-state index in [1.807, 2.05) is 0 Å². The minimum atomic E-state index is -0.664. The first-order chi connectivity index (χ1) is 41.0. The van der Waals surface area contributed by atoms with Crippen LogP contribution in [-0.2, 0) is 14.3 Å². The molecule has 2 unspecified atom stereocenters. The molecule has 0 aliphatic carbocycles. The molecular weight excluding hydrogens is 1020 g/mol. The second-order valence-electron chi connectivity index (χ2n) is 26.7. The number of aliphatic hydroxyl groups excluding tert-OH is 2. The summed E-state index contributed by atoms with van der Waals surface area (Å²) in [4.78, 5) is 24.6. The van der Waals surface area contributed by atoms with Gasteiger partial charge in [0.15, 0.2) is 0 Å². The average Bonchev–Trinajstić information content (AvgIpc) is 3.48. The fourth-order valence-corrected chi connectivity index (χ4v) is 12.5. The summed E-state index contributed by atoms with van der Waals surface area (Å²) in [5, 5.41) is 23.5. The molecule has 3 N–H and O–H groups in total. The molecule has 0 aliphatic rings. The Balaban J connectivity index is 3.36. The lowest BCUT2D eigenvalue weighted by atomic mass is 10.0. The Kier molecular flexibility index (Phi) is 71.8. The molecule has 0 aliphatic heterocycles. The first-order valence-corrected chi connectivity index (χ1v) is 38.4. The predicted octanol–water partition coefficient (Wildman–Crippen LogP) is 25.1. The molecule has 0 saturated heterocycles. The molecule has 0 spiro atoms. The summed E-state index contributed by atoms with van der Waals surface area (Å²) in [6.45, 7) is 5.01. The van der Waals surface area contributed by atoms with Gasteiger partial charge in [0.25, 0.3) is 0 Å². The molecule has 494 valence electrons. The molecule has 6 nitrogen and oxygen atoms in total. The third-order valence-electron chi connectivity index (χ3n) is 18.3. The number of nitrogens with one attached hydrogen (secondary N) is 1. The highest BCUT2D eigenvalue weighted by atomic mass is 16.5. The first-order valence-electron chi connectivity index (χ1n) is 38.4. The Morgan fingerprint density at radius 2 is 0.566 bits per heavy atom. The van der Waals surface area contributed by atoms with Gasteiger partial charge in [0.1, 0.15) is 0 Å². The Bertz CT molecular complexity index is 1260. The number of amides is 1. The van der Waals surface area contributed by atoms with Crippen molar-refractivity contribution in [2.75, 3.05) is 13.2 Å². The number of carbonyl (C=O) groups excluding carboxylic acids is 2. The Hall–Kier alpha value is -1.40. The molecule has 0 aromatic rings. The Morgan fingerprint density at radius 1 is 0.325 bits per heavy atom. The molecule has 6 heteroatoms. The van der Waals surface area contributed by atoms with E-state index < -0.39 is 12.1 Å². The first kappa shape index (κ1) is 81.6. The topological polar surface area (TPSA) is 95.9 Å². The van der Waals surface area contributed by atoms with Gasteiger partial charge >= 0.3 is 5.97 Å². The summed E-state index contributed by atoms with van der Waals surface area (Å²) in [5.74, 6) is -0.00720. The van der Waals surface area contributed by atoms with E-state index in [2.05, 4.69) is 31.3 Å². The number of hydrogen-bond donors (Lipinski definition) is 3. The van der Waals surface area contributed by atoms with Crippen LogP contribution in [-0.4, -0.2) is 47.4 Å². The van der Waals surface area contributed by atoms with E-state index in [9.17, 15) is 19.8 Å². The fourth-order valence-electron chi connectivity index (χ4n) is 12.5. The van der Waals surface area contributed by atoms with Gasteiger partial charge in [0.05, 0.1) is 25.4 Å². The highest BCUT2D eigenvalue weighted by Gasteiger charge is 2.20. The molecule has 0 fully saturated rings. The Morgan fingerprint density at radius 3 is 0.855 bits per heavy atom. The zero-order valence-electron chi connectivity index (χ0n) is 56.7. The SMILES string of the molecule is CCCCCCCCCCCCCCCCCCCCCCCCC(O)C(CO)NC(=O)CCCCCCCCCCCCCCCC/C=C\CCCCCCCCCCCCCCOC(=O)CCCCCCCCCCCCCCCC. The molecule has 0 rings (SSSR count). The number of aliphatic hydroxyl groups is 2. The van der Waals surface area contributed by atoms with Crippen molar-refractivity contribution in [3.63, 3.8) is 0 Å². The quantitative estimate of drug-likeness (QED) is 0.0320. The molecule has 0 heterocycles. The molecule has 0 radical (unpaired) electrons. The van der Waals surface area contributed by atoms with E-state index in [1.54, 1.807) is 0 Å². The number of carbonyl (C=O) groups is 2.